The monoisotopic (exact) mass is 431 g/mol. The summed E-state index contributed by atoms with van der Waals surface area (Å²) in [6.45, 7) is 6.91. The van der Waals surface area contributed by atoms with E-state index in [0.29, 0.717) is 36.3 Å². The van der Waals surface area contributed by atoms with E-state index in [1.165, 1.54) is 0 Å². The maximum absolute atomic E-state index is 12.9. The molecule has 3 aliphatic heterocycles. The van der Waals surface area contributed by atoms with Crippen LogP contribution in [0.15, 0.2) is 16.6 Å². The SMILES string of the molecule is Cl.O=C(c1cc(Br)c2c(c1)OCCO2)N1CCC(N2CCNCC2)C1. The molecule has 1 aromatic rings. The number of fused-ring (bicyclic) bond motifs is 1. The number of halogens is 2. The van der Waals surface area contributed by atoms with Crippen molar-refractivity contribution in [1.82, 2.24) is 15.1 Å². The van der Waals surface area contributed by atoms with Gasteiger partial charge in [-0.2, -0.15) is 0 Å². The zero-order valence-corrected chi connectivity index (χ0v) is 16.4. The third-order valence-electron chi connectivity index (χ3n) is 4.96. The van der Waals surface area contributed by atoms with E-state index in [1.807, 2.05) is 11.0 Å². The minimum Gasteiger partial charge on any atom is -0.486 e. The Morgan fingerprint density at radius 2 is 1.92 bits per heavy atom. The van der Waals surface area contributed by atoms with Crippen LogP contribution in [0.3, 0.4) is 0 Å². The second kappa shape index (κ2) is 8.12. The van der Waals surface area contributed by atoms with Crippen molar-refractivity contribution in [2.75, 3.05) is 52.5 Å². The summed E-state index contributed by atoms with van der Waals surface area (Å²) in [6.07, 6.45) is 1.05. The number of carbonyl (C=O) groups is 1. The van der Waals surface area contributed by atoms with Crippen molar-refractivity contribution >= 4 is 34.2 Å². The van der Waals surface area contributed by atoms with E-state index in [4.69, 9.17) is 9.47 Å². The van der Waals surface area contributed by atoms with E-state index in [0.717, 1.165) is 50.2 Å². The fourth-order valence-electron chi connectivity index (χ4n) is 3.69. The molecule has 0 aliphatic carbocycles. The number of piperazine rings is 1. The third kappa shape index (κ3) is 3.89. The van der Waals surface area contributed by atoms with Gasteiger partial charge in [0.05, 0.1) is 4.47 Å². The smallest absolute Gasteiger partial charge is 0.254 e. The predicted molar refractivity (Wildman–Crippen MR) is 101 cm³/mol. The minimum absolute atomic E-state index is 0. The van der Waals surface area contributed by atoms with Gasteiger partial charge in [0.1, 0.15) is 13.2 Å². The van der Waals surface area contributed by atoms with Crippen LogP contribution in [0.25, 0.3) is 0 Å². The van der Waals surface area contributed by atoms with Crippen LogP contribution in [0.4, 0.5) is 0 Å². The number of hydrogen-bond acceptors (Lipinski definition) is 5. The molecular weight excluding hydrogens is 410 g/mol. The number of hydrogen-bond donors (Lipinski definition) is 1. The van der Waals surface area contributed by atoms with Gasteiger partial charge in [-0.3, -0.25) is 9.69 Å². The predicted octanol–water partition coefficient (Wildman–Crippen LogP) is 1.76. The number of likely N-dealkylation sites (tertiary alicyclic amines) is 1. The van der Waals surface area contributed by atoms with E-state index in [1.54, 1.807) is 6.07 Å². The molecule has 3 aliphatic rings. The first-order chi connectivity index (χ1) is 11.7. The molecule has 0 spiro atoms. The van der Waals surface area contributed by atoms with Gasteiger partial charge in [-0.25, -0.2) is 0 Å². The molecule has 1 unspecified atom stereocenters. The van der Waals surface area contributed by atoms with E-state index >= 15 is 0 Å². The van der Waals surface area contributed by atoms with Crippen LogP contribution in [0.1, 0.15) is 16.8 Å². The van der Waals surface area contributed by atoms with Crippen molar-refractivity contribution in [2.24, 2.45) is 0 Å². The highest BCUT2D eigenvalue weighted by Crippen LogP contribution is 2.39. The van der Waals surface area contributed by atoms with Gasteiger partial charge in [-0.05, 0) is 34.5 Å². The summed E-state index contributed by atoms with van der Waals surface area (Å²) < 4.78 is 12.0. The highest BCUT2D eigenvalue weighted by Gasteiger charge is 2.32. The molecule has 25 heavy (non-hydrogen) atoms. The number of nitrogens with zero attached hydrogens (tertiary/aromatic N) is 2. The molecule has 1 N–H and O–H groups in total. The Labute approximate surface area is 162 Å². The average Bonchev–Trinajstić information content (AvgIpc) is 3.12. The van der Waals surface area contributed by atoms with Crippen molar-refractivity contribution in [1.29, 1.82) is 0 Å². The maximum Gasteiger partial charge on any atom is 0.254 e. The summed E-state index contributed by atoms with van der Waals surface area (Å²) in [7, 11) is 0. The van der Waals surface area contributed by atoms with Crippen LogP contribution in [0.2, 0.25) is 0 Å². The van der Waals surface area contributed by atoms with E-state index < -0.39 is 0 Å². The summed E-state index contributed by atoms with van der Waals surface area (Å²) in [5.41, 5.74) is 0.659. The molecule has 0 radical (unpaired) electrons. The molecular formula is C17H23BrClN3O3. The Kier molecular flexibility index (Phi) is 6.09. The lowest BCUT2D eigenvalue weighted by Gasteiger charge is -2.32. The Morgan fingerprint density at radius 1 is 1.16 bits per heavy atom. The molecule has 6 nitrogen and oxygen atoms in total. The Hall–Kier alpha value is -1.02. The van der Waals surface area contributed by atoms with Gasteiger partial charge in [-0.1, -0.05) is 0 Å². The van der Waals surface area contributed by atoms with Crippen LogP contribution in [0, 0.1) is 0 Å². The van der Waals surface area contributed by atoms with Gasteiger partial charge >= 0.3 is 0 Å². The molecule has 4 rings (SSSR count). The minimum atomic E-state index is 0. The first-order valence-corrected chi connectivity index (χ1v) is 9.35. The second-order valence-corrected chi connectivity index (χ2v) is 7.32. The molecule has 3 heterocycles. The average molecular weight is 433 g/mol. The normalized spacial score (nSPS) is 23.2. The van der Waals surface area contributed by atoms with E-state index in [-0.39, 0.29) is 18.3 Å². The first kappa shape index (κ1) is 18.8. The van der Waals surface area contributed by atoms with Gasteiger partial charge in [0.25, 0.3) is 5.91 Å². The van der Waals surface area contributed by atoms with Crippen LogP contribution < -0.4 is 14.8 Å². The van der Waals surface area contributed by atoms with Crippen LogP contribution in [0.5, 0.6) is 11.5 Å². The number of benzene rings is 1. The Morgan fingerprint density at radius 3 is 2.72 bits per heavy atom. The van der Waals surface area contributed by atoms with Crippen LogP contribution >= 0.6 is 28.3 Å². The summed E-state index contributed by atoms with van der Waals surface area (Å²) >= 11 is 3.49. The van der Waals surface area contributed by atoms with Crippen LogP contribution in [-0.4, -0.2) is 74.2 Å². The summed E-state index contributed by atoms with van der Waals surface area (Å²) in [5, 5.41) is 3.38. The van der Waals surface area contributed by atoms with Crippen molar-refractivity contribution in [3.63, 3.8) is 0 Å². The molecule has 2 saturated heterocycles. The van der Waals surface area contributed by atoms with Gasteiger partial charge in [0, 0.05) is 50.9 Å². The lowest BCUT2D eigenvalue weighted by Crippen LogP contribution is -2.49. The summed E-state index contributed by atoms with van der Waals surface area (Å²) in [4.78, 5) is 17.4. The standard InChI is InChI=1S/C17H22BrN3O3.ClH/c18-14-9-12(10-15-16(14)24-8-7-23-15)17(22)21-4-1-13(11-21)20-5-2-19-3-6-20;/h9-10,13,19H,1-8,11H2;1H. The molecule has 8 heteroatoms. The summed E-state index contributed by atoms with van der Waals surface area (Å²) in [5.74, 6) is 1.42. The second-order valence-electron chi connectivity index (χ2n) is 6.46. The van der Waals surface area contributed by atoms with Gasteiger partial charge in [0.15, 0.2) is 11.5 Å². The van der Waals surface area contributed by atoms with Gasteiger partial charge < -0.3 is 19.7 Å². The van der Waals surface area contributed by atoms with Crippen molar-refractivity contribution < 1.29 is 14.3 Å². The quantitative estimate of drug-likeness (QED) is 0.772. The first-order valence-electron chi connectivity index (χ1n) is 8.55. The molecule has 1 aromatic carbocycles. The van der Waals surface area contributed by atoms with Gasteiger partial charge in [0.2, 0.25) is 0 Å². The zero-order valence-electron chi connectivity index (χ0n) is 14.0. The fourth-order valence-corrected chi connectivity index (χ4v) is 4.24. The molecule has 138 valence electrons. The van der Waals surface area contributed by atoms with E-state index in [2.05, 4.69) is 26.1 Å². The fraction of sp³-hybridized carbons (Fsp3) is 0.588. The largest absolute Gasteiger partial charge is 0.486 e. The van der Waals surface area contributed by atoms with Gasteiger partial charge in [-0.15, -0.1) is 12.4 Å². The van der Waals surface area contributed by atoms with Crippen molar-refractivity contribution in [3.8, 4) is 11.5 Å². The van der Waals surface area contributed by atoms with Crippen molar-refractivity contribution in [2.45, 2.75) is 12.5 Å². The summed E-state index contributed by atoms with van der Waals surface area (Å²) in [6, 6.07) is 4.13. The maximum atomic E-state index is 12.9. The van der Waals surface area contributed by atoms with E-state index in [9.17, 15) is 4.79 Å². The molecule has 0 saturated carbocycles. The van der Waals surface area contributed by atoms with Crippen LogP contribution in [-0.2, 0) is 0 Å². The lowest BCUT2D eigenvalue weighted by atomic mass is 10.1. The number of ether oxygens (including phenoxy) is 2. The zero-order chi connectivity index (χ0) is 16.5. The highest BCUT2D eigenvalue weighted by atomic mass is 79.9. The molecule has 0 aromatic heterocycles. The third-order valence-corrected chi connectivity index (χ3v) is 5.55. The molecule has 0 bridgehead atoms. The topological polar surface area (TPSA) is 54.0 Å². The highest BCUT2D eigenvalue weighted by molar-refractivity contribution is 9.10. The molecule has 1 amide bonds. The molecule has 1 atom stereocenters. The molecule has 2 fully saturated rings. The lowest BCUT2D eigenvalue weighted by molar-refractivity contribution is 0.0772. The Bertz CT molecular complexity index is 640. The number of rotatable bonds is 2. The van der Waals surface area contributed by atoms with Crippen molar-refractivity contribution in [3.05, 3.63) is 22.2 Å². The number of carbonyl (C=O) groups excluding carboxylic acids is 1. The number of amides is 1. The number of nitrogens with one attached hydrogen (secondary N) is 1. The Balaban J connectivity index is 0.00000182.